The minimum atomic E-state index is -0.898. The number of rotatable bonds is 4. The largest absolute Gasteiger partial charge is 0.481 e. The van der Waals surface area contributed by atoms with Crippen LogP contribution in [-0.4, -0.2) is 17.9 Å². The highest BCUT2D eigenvalue weighted by Gasteiger charge is 2.32. The van der Waals surface area contributed by atoms with Crippen molar-refractivity contribution in [1.29, 1.82) is 0 Å². The number of ether oxygens (including phenoxy) is 2. The van der Waals surface area contributed by atoms with E-state index in [4.69, 9.17) is 9.47 Å². The van der Waals surface area contributed by atoms with Gasteiger partial charge in [0.2, 0.25) is 0 Å². The first kappa shape index (κ1) is 19.4. The van der Waals surface area contributed by atoms with Gasteiger partial charge in [0, 0.05) is 11.1 Å². The van der Waals surface area contributed by atoms with Gasteiger partial charge < -0.3 is 9.47 Å². The zero-order valence-electron chi connectivity index (χ0n) is 16.1. The summed E-state index contributed by atoms with van der Waals surface area (Å²) < 4.78 is 24.3. The second kappa shape index (κ2) is 8.24. The summed E-state index contributed by atoms with van der Waals surface area (Å²) in [5.41, 5.74) is 6.28. The Kier molecular flexibility index (Phi) is 5.34. The summed E-state index contributed by atoms with van der Waals surface area (Å²) in [6.07, 6.45) is -0.898. The molecule has 1 aliphatic rings. The van der Waals surface area contributed by atoms with Gasteiger partial charge >= 0.3 is 0 Å². The Morgan fingerprint density at radius 2 is 1.47 bits per heavy atom. The molecule has 0 saturated carbocycles. The lowest BCUT2D eigenvalue weighted by Gasteiger charge is -2.27. The third-order valence-electron chi connectivity index (χ3n) is 4.75. The lowest BCUT2D eigenvalue weighted by molar-refractivity contribution is -0.133. The van der Waals surface area contributed by atoms with E-state index in [-0.39, 0.29) is 0 Å². The molecule has 7 heteroatoms. The van der Waals surface area contributed by atoms with Crippen LogP contribution in [0.4, 0.5) is 4.39 Å². The average Bonchev–Trinajstić information content (AvgIpc) is 2.77. The molecule has 0 aliphatic carbocycles. The molecule has 0 spiro atoms. The van der Waals surface area contributed by atoms with E-state index in [1.807, 2.05) is 36.4 Å². The molecule has 0 saturated heterocycles. The summed E-state index contributed by atoms with van der Waals surface area (Å²) in [7, 11) is 0. The summed E-state index contributed by atoms with van der Waals surface area (Å²) >= 11 is 0. The van der Waals surface area contributed by atoms with E-state index in [1.165, 1.54) is 31.2 Å². The van der Waals surface area contributed by atoms with Crippen molar-refractivity contribution in [2.45, 2.75) is 18.9 Å². The molecular weight excluding hydrogens is 387 g/mol. The molecule has 1 aliphatic heterocycles. The lowest BCUT2D eigenvalue weighted by atomic mass is 9.87. The molecule has 152 valence electrons. The number of para-hydroxylation sites is 2. The summed E-state index contributed by atoms with van der Waals surface area (Å²) in [5, 5.41) is 0. The predicted octanol–water partition coefficient (Wildman–Crippen LogP) is 3.68. The Balaban J connectivity index is 1.45. The van der Waals surface area contributed by atoms with Crippen LogP contribution in [0.3, 0.4) is 0 Å². The molecule has 4 rings (SSSR count). The molecule has 0 fully saturated rings. The van der Waals surface area contributed by atoms with Crippen molar-refractivity contribution in [3.05, 3.63) is 89.7 Å². The highest BCUT2D eigenvalue weighted by atomic mass is 19.1. The number of carbonyl (C=O) groups is 2. The van der Waals surface area contributed by atoms with Crippen LogP contribution in [0.25, 0.3) is 0 Å². The van der Waals surface area contributed by atoms with Gasteiger partial charge in [-0.1, -0.05) is 36.4 Å². The van der Waals surface area contributed by atoms with Gasteiger partial charge in [-0.3, -0.25) is 20.4 Å². The van der Waals surface area contributed by atoms with Crippen molar-refractivity contribution >= 4 is 11.8 Å². The maximum absolute atomic E-state index is 13.0. The van der Waals surface area contributed by atoms with Gasteiger partial charge in [-0.25, -0.2) is 4.39 Å². The van der Waals surface area contributed by atoms with Crippen molar-refractivity contribution < 1.29 is 23.5 Å². The molecule has 0 bridgehead atoms. The molecule has 1 atom stereocenters. The highest BCUT2D eigenvalue weighted by Crippen LogP contribution is 2.43. The number of nitrogens with one attached hydrogen (secondary N) is 2. The van der Waals surface area contributed by atoms with Crippen molar-refractivity contribution in [2.75, 3.05) is 0 Å². The molecule has 0 unspecified atom stereocenters. The van der Waals surface area contributed by atoms with Gasteiger partial charge in [0.1, 0.15) is 23.1 Å². The quantitative estimate of drug-likeness (QED) is 0.648. The minimum Gasteiger partial charge on any atom is -0.481 e. The molecular formula is C23H19FN2O4. The average molecular weight is 406 g/mol. The Morgan fingerprint density at radius 1 is 0.900 bits per heavy atom. The Morgan fingerprint density at radius 3 is 2.07 bits per heavy atom. The Labute approximate surface area is 172 Å². The second-order valence-corrected chi connectivity index (χ2v) is 6.80. The first-order valence-electron chi connectivity index (χ1n) is 9.40. The van der Waals surface area contributed by atoms with Crippen LogP contribution >= 0.6 is 0 Å². The third-order valence-corrected chi connectivity index (χ3v) is 4.75. The van der Waals surface area contributed by atoms with Crippen LogP contribution in [0.15, 0.2) is 72.8 Å². The number of fused-ring (bicyclic) bond motifs is 2. The molecule has 30 heavy (non-hydrogen) atoms. The molecule has 2 amide bonds. The van der Waals surface area contributed by atoms with Gasteiger partial charge in [-0.15, -0.1) is 0 Å². The smallest absolute Gasteiger partial charge is 0.279 e. The molecule has 0 aromatic heterocycles. The molecule has 1 heterocycles. The molecule has 0 radical (unpaired) electrons. The number of hydrazine groups is 1. The maximum Gasteiger partial charge on any atom is 0.279 e. The molecule has 3 aromatic rings. The van der Waals surface area contributed by atoms with Gasteiger partial charge in [-0.05, 0) is 43.3 Å². The van der Waals surface area contributed by atoms with Crippen molar-refractivity contribution in [3.8, 4) is 17.2 Å². The number of amides is 2. The number of hydrogen-bond donors (Lipinski definition) is 2. The highest BCUT2D eigenvalue weighted by molar-refractivity contribution is 5.91. The summed E-state index contributed by atoms with van der Waals surface area (Å²) in [6.45, 7) is 1.53. The normalized spacial score (nSPS) is 13.3. The van der Waals surface area contributed by atoms with Gasteiger partial charge in [0.25, 0.3) is 11.8 Å². The second-order valence-electron chi connectivity index (χ2n) is 6.80. The number of benzene rings is 3. The van der Waals surface area contributed by atoms with Crippen LogP contribution in [0.5, 0.6) is 17.2 Å². The Hall–Kier alpha value is -3.87. The first-order valence-corrected chi connectivity index (χ1v) is 9.40. The van der Waals surface area contributed by atoms with E-state index in [0.29, 0.717) is 28.4 Å². The lowest BCUT2D eigenvalue weighted by Crippen LogP contribution is -2.49. The Bertz CT molecular complexity index is 1040. The topological polar surface area (TPSA) is 76.7 Å². The van der Waals surface area contributed by atoms with E-state index in [1.54, 1.807) is 12.1 Å². The number of carbonyl (C=O) groups excluding carboxylic acids is 2. The molecule has 2 N–H and O–H groups in total. The molecule has 3 aromatic carbocycles. The SMILES string of the molecule is C[C@H](Oc1ccc(F)cc1)C(=O)NNC(=O)C1c2ccccc2Oc2ccccc21. The van der Waals surface area contributed by atoms with Crippen LogP contribution < -0.4 is 20.3 Å². The summed E-state index contributed by atoms with van der Waals surface area (Å²) in [5.74, 6) is -0.450. The number of hydrogen-bond acceptors (Lipinski definition) is 4. The fraction of sp³-hybridized carbons (Fsp3) is 0.130. The summed E-state index contributed by atoms with van der Waals surface area (Å²) in [4.78, 5) is 25.3. The van der Waals surface area contributed by atoms with Crippen LogP contribution in [0, 0.1) is 5.82 Å². The standard InChI is InChI=1S/C23H19FN2O4/c1-14(29-16-12-10-15(24)11-13-16)22(27)25-26-23(28)21-17-6-2-4-8-19(17)30-20-9-5-3-7-18(20)21/h2-14,21H,1H3,(H,25,27)(H,26,28)/t14-/m0/s1. The van der Waals surface area contributed by atoms with Crippen molar-refractivity contribution in [3.63, 3.8) is 0 Å². The van der Waals surface area contributed by atoms with Crippen molar-refractivity contribution in [1.82, 2.24) is 10.9 Å². The van der Waals surface area contributed by atoms with E-state index >= 15 is 0 Å². The fourth-order valence-corrected chi connectivity index (χ4v) is 3.26. The van der Waals surface area contributed by atoms with Crippen LogP contribution in [0.2, 0.25) is 0 Å². The van der Waals surface area contributed by atoms with Gasteiger partial charge in [0.05, 0.1) is 5.92 Å². The van der Waals surface area contributed by atoms with Crippen LogP contribution in [-0.2, 0) is 9.59 Å². The minimum absolute atomic E-state index is 0.345. The third kappa shape index (κ3) is 3.96. The van der Waals surface area contributed by atoms with E-state index in [9.17, 15) is 14.0 Å². The van der Waals surface area contributed by atoms with Gasteiger partial charge in [-0.2, -0.15) is 0 Å². The zero-order valence-corrected chi connectivity index (χ0v) is 16.1. The fourth-order valence-electron chi connectivity index (χ4n) is 3.26. The van der Waals surface area contributed by atoms with E-state index in [2.05, 4.69) is 10.9 Å². The zero-order chi connectivity index (χ0) is 21.1. The van der Waals surface area contributed by atoms with E-state index in [0.717, 1.165) is 0 Å². The van der Waals surface area contributed by atoms with Crippen LogP contribution in [0.1, 0.15) is 24.0 Å². The monoisotopic (exact) mass is 406 g/mol. The molecule has 6 nitrogen and oxygen atoms in total. The van der Waals surface area contributed by atoms with Gasteiger partial charge in [0.15, 0.2) is 6.10 Å². The predicted molar refractivity (Wildman–Crippen MR) is 108 cm³/mol. The number of halogens is 1. The van der Waals surface area contributed by atoms with Crippen molar-refractivity contribution in [2.24, 2.45) is 0 Å². The maximum atomic E-state index is 13.0. The summed E-state index contributed by atoms with van der Waals surface area (Å²) in [6, 6.07) is 19.9. The first-order chi connectivity index (χ1) is 14.5. The van der Waals surface area contributed by atoms with E-state index < -0.39 is 29.7 Å².